The molecule has 0 aliphatic heterocycles. The van der Waals surface area contributed by atoms with Gasteiger partial charge >= 0.3 is 6.18 Å². The Bertz CT molecular complexity index is 827. The van der Waals surface area contributed by atoms with Gasteiger partial charge in [-0.25, -0.2) is 8.42 Å². The van der Waals surface area contributed by atoms with Gasteiger partial charge in [-0.15, -0.1) is 0 Å². The molecule has 2 N–H and O–H groups in total. The van der Waals surface area contributed by atoms with Crippen molar-refractivity contribution in [3.05, 3.63) is 64.7 Å². The first kappa shape index (κ1) is 19.7. The van der Waals surface area contributed by atoms with Crippen LogP contribution in [0.1, 0.15) is 11.1 Å². The van der Waals surface area contributed by atoms with E-state index in [9.17, 15) is 21.6 Å². The second-order valence-electron chi connectivity index (χ2n) is 5.26. The molecule has 4 nitrogen and oxygen atoms in total. The highest BCUT2D eigenvalue weighted by Crippen LogP contribution is 2.34. The van der Waals surface area contributed by atoms with E-state index in [-0.39, 0.29) is 24.7 Å². The van der Waals surface area contributed by atoms with E-state index in [1.54, 1.807) is 30.3 Å². The lowest BCUT2D eigenvalue weighted by Crippen LogP contribution is -2.35. The van der Waals surface area contributed by atoms with Gasteiger partial charge in [-0.2, -0.15) is 17.5 Å². The zero-order valence-electron chi connectivity index (χ0n) is 13.0. The molecule has 25 heavy (non-hydrogen) atoms. The molecule has 0 aliphatic carbocycles. The van der Waals surface area contributed by atoms with E-state index in [1.807, 2.05) is 0 Å². The lowest BCUT2D eigenvalue weighted by atomic mass is 10.2. The summed E-state index contributed by atoms with van der Waals surface area (Å²) in [6, 6.07) is 10.9. The van der Waals surface area contributed by atoms with E-state index >= 15 is 0 Å². The van der Waals surface area contributed by atoms with Gasteiger partial charge in [0, 0.05) is 19.6 Å². The molecule has 0 aliphatic rings. The maximum atomic E-state index is 12.9. The second kappa shape index (κ2) is 7.74. The number of nitrogens with two attached hydrogens (primary N) is 1. The third-order valence-corrected chi connectivity index (χ3v) is 5.78. The third-order valence-electron chi connectivity index (χ3n) is 3.46. The van der Waals surface area contributed by atoms with Gasteiger partial charge < -0.3 is 5.73 Å². The van der Waals surface area contributed by atoms with Crippen LogP contribution in [0.25, 0.3) is 0 Å². The summed E-state index contributed by atoms with van der Waals surface area (Å²) in [5, 5.41) is -0.275. The molecule has 0 unspecified atom stereocenters. The van der Waals surface area contributed by atoms with Crippen molar-refractivity contribution in [3.63, 3.8) is 0 Å². The van der Waals surface area contributed by atoms with Gasteiger partial charge in [0.05, 0.1) is 10.6 Å². The number of sulfonamides is 1. The lowest BCUT2D eigenvalue weighted by molar-refractivity contribution is -0.137. The molecule has 0 radical (unpaired) electrons. The maximum absolute atomic E-state index is 12.9. The molecule has 0 heterocycles. The minimum Gasteiger partial charge on any atom is -0.329 e. The molecule has 0 saturated carbocycles. The fourth-order valence-corrected chi connectivity index (χ4v) is 4.18. The SMILES string of the molecule is NCCN(Cc1ccccc1)S(=O)(=O)c1cc(C(F)(F)F)ccc1Cl. The first-order valence-electron chi connectivity index (χ1n) is 7.27. The number of hydrogen-bond donors (Lipinski definition) is 1. The van der Waals surface area contributed by atoms with Gasteiger partial charge in [-0.05, 0) is 23.8 Å². The largest absolute Gasteiger partial charge is 0.416 e. The zero-order valence-corrected chi connectivity index (χ0v) is 14.6. The van der Waals surface area contributed by atoms with E-state index < -0.39 is 26.7 Å². The van der Waals surface area contributed by atoms with Crippen molar-refractivity contribution in [2.75, 3.05) is 13.1 Å². The fourth-order valence-electron chi connectivity index (χ4n) is 2.23. The lowest BCUT2D eigenvalue weighted by Gasteiger charge is -2.23. The van der Waals surface area contributed by atoms with E-state index in [2.05, 4.69) is 0 Å². The second-order valence-corrected chi connectivity index (χ2v) is 7.57. The Labute approximate surface area is 149 Å². The predicted octanol–water partition coefficient (Wildman–Crippen LogP) is 3.51. The van der Waals surface area contributed by atoms with Crippen LogP contribution < -0.4 is 5.73 Å². The quantitative estimate of drug-likeness (QED) is 0.818. The maximum Gasteiger partial charge on any atom is 0.416 e. The summed E-state index contributed by atoms with van der Waals surface area (Å²) in [5.74, 6) is 0. The standard InChI is InChI=1S/C16H16ClF3N2O2S/c17-14-7-6-13(16(18,19)20)10-15(14)25(23,24)22(9-8-21)11-12-4-2-1-3-5-12/h1-7,10H,8-9,11,21H2. The van der Waals surface area contributed by atoms with Gasteiger partial charge in [0.25, 0.3) is 0 Å². The van der Waals surface area contributed by atoms with E-state index in [1.165, 1.54) is 0 Å². The summed E-state index contributed by atoms with van der Waals surface area (Å²) >= 11 is 5.87. The molecule has 0 amide bonds. The summed E-state index contributed by atoms with van der Waals surface area (Å²) in [4.78, 5) is -0.589. The normalized spacial score (nSPS) is 12.6. The molecule has 0 aromatic heterocycles. The molecule has 9 heteroatoms. The Morgan fingerprint density at radius 2 is 1.72 bits per heavy atom. The molecule has 0 spiro atoms. The summed E-state index contributed by atoms with van der Waals surface area (Å²) in [7, 11) is -4.25. The van der Waals surface area contributed by atoms with Crippen LogP contribution in [0.3, 0.4) is 0 Å². The number of hydrogen-bond acceptors (Lipinski definition) is 3. The Morgan fingerprint density at radius 3 is 2.28 bits per heavy atom. The summed E-state index contributed by atoms with van der Waals surface area (Å²) in [6.45, 7) is -0.0562. The van der Waals surface area contributed by atoms with Gasteiger partial charge in [0.1, 0.15) is 4.90 Å². The average Bonchev–Trinajstić information content (AvgIpc) is 2.54. The minimum atomic E-state index is -4.67. The molecule has 0 atom stereocenters. The summed E-state index contributed by atoms with van der Waals surface area (Å²) in [6.07, 6.45) is -4.67. The molecule has 2 aromatic rings. The molecule has 136 valence electrons. The Morgan fingerprint density at radius 1 is 1.08 bits per heavy atom. The van der Waals surface area contributed by atoms with Crippen molar-refractivity contribution in [1.82, 2.24) is 4.31 Å². The van der Waals surface area contributed by atoms with Crippen molar-refractivity contribution >= 4 is 21.6 Å². The van der Waals surface area contributed by atoms with Crippen molar-refractivity contribution in [3.8, 4) is 0 Å². The Balaban J connectivity index is 2.46. The van der Waals surface area contributed by atoms with Gasteiger partial charge in [0.15, 0.2) is 0 Å². The van der Waals surface area contributed by atoms with Gasteiger partial charge in [-0.3, -0.25) is 0 Å². The minimum absolute atomic E-state index is 0.0165. The van der Waals surface area contributed by atoms with Crippen molar-refractivity contribution in [2.45, 2.75) is 17.6 Å². The van der Waals surface area contributed by atoms with E-state index in [4.69, 9.17) is 17.3 Å². The smallest absolute Gasteiger partial charge is 0.329 e. The van der Waals surface area contributed by atoms with Crippen LogP contribution in [0.5, 0.6) is 0 Å². The van der Waals surface area contributed by atoms with Crippen LogP contribution in [0.15, 0.2) is 53.4 Å². The number of benzene rings is 2. The molecule has 0 fully saturated rings. The van der Waals surface area contributed by atoms with Crippen LogP contribution in [0.4, 0.5) is 13.2 Å². The van der Waals surface area contributed by atoms with Crippen LogP contribution >= 0.6 is 11.6 Å². The number of rotatable bonds is 6. The van der Waals surface area contributed by atoms with Crippen molar-refractivity contribution in [1.29, 1.82) is 0 Å². The first-order chi connectivity index (χ1) is 11.7. The Kier molecular flexibility index (Phi) is 6.10. The molecular weight excluding hydrogens is 377 g/mol. The molecular formula is C16H16ClF3N2O2S. The molecule has 0 bridgehead atoms. The monoisotopic (exact) mass is 392 g/mol. The van der Waals surface area contributed by atoms with Crippen LogP contribution in [-0.2, 0) is 22.7 Å². The van der Waals surface area contributed by atoms with Crippen LogP contribution in [0, 0.1) is 0 Å². The van der Waals surface area contributed by atoms with Gasteiger partial charge in [0.2, 0.25) is 10.0 Å². The van der Waals surface area contributed by atoms with Crippen molar-refractivity contribution < 1.29 is 21.6 Å². The zero-order chi connectivity index (χ0) is 18.7. The van der Waals surface area contributed by atoms with Gasteiger partial charge in [-0.1, -0.05) is 41.9 Å². The predicted molar refractivity (Wildman–Crippen MR) is 89.5 cm³/mol. The summed E-state index contributed by atoms with van der Waals surface area (Å²) < 4.78 is 65.4. The molecule has 2 rings (SSSR count). The van der Waals surface area contributed by atoms with E-state index in [0.29, 0.717) is 11.6 Å². The molecule has 2 aromatic carbocycles. The highest BCUT2D eigenvalue weighted by molar-refractivity contribution is 7.89. The third kappa shape index (κ3) is 4.72. The molecule has 0 saturated heterocycles. The average molecular weight is 393 g/mol. The topological polar surface area (TPSA) is 63.4 Å². The van der Waals surface area contributed by atoms with Crippen LogP contribution in [-0.4, -0.2) is 25.8 Å². The first-order valence-corrected chi connectivity index (χ1v) is 9.09. The highest BCUT2D eigenvalue weighted by Gasteiger charge is 2.34. The number of halogens is 4. The number of nitrogens with zero attached hydrogens (tertiary/aromatic N) is 1. The summed E-state index contributed by atoms with van der Waals surface area (Å²) in [5.41, 5.74) is 5.08. The van der Waals surface area contributed by atoms with Crippen molar-refractivity contribution in [2.24, 2.45) is 5.73 Å². The van der Waals surface area contributed by atoms with E-state index in [0.717, 1.165) is 16.4 Å². The fraction of sp³-hybridized carbons (Fsp3) is 0.250. The Hall–Kier alpha value is -1.61. The van der Waals surface area contributed by atoms with Crippen LogP contribution in [0.2, 0.25) is 5.02 Å². The number of alkyl halides is 3. The highest BCUT2D eigenvalue weighted by atomic mass is 35.5.